The van der Waals surface area contributed by atoms with Crippen molar-refractivity contribution in [1.82, 2.24) is 9.80 Å². The summed E-state index contributed by atoms with van der Waals surface area (Å²) in [5.41, 5.74) is -0.877. The van der Waals surface area contributed by atoms with E-state index in [2.05, 4.69) is 43.6 Å². The maximum Gasteiger partial charge on any atom is 0.410 e. The summed E-state index contributed by atoms with van der Waals surface area (Å²) < 4.78 is 16.3. The molecule has 0 bridgehead atoms. The van der Waals surface area contributed by atoms with E-state index in [9.17, 15) is 14.7 Å². The first-order chi connectivity index (χ1) is 17.9. The van der Waals surface area contributed by atoms with Crippen molar-refractivity contribution in [1.29, 1.82) is 0 Å². The molecule has 232 valence electrons. The fourth-order valence-electron chi connectivity index (χ4n) is 3.82. The molecule has 0 aliphatic carbocycles. The van der Waals surface area contributed by atoms with Gasteiger partial charge < -0.3 is 29.1 Å². The molecule has 0 aromatic rings. The minimum absolute atomic E-state index is 0.180. The van der Waals surface area contributed by atoms with Crippen LogP contribution in [0.4, 0.5) is 9.59 Å². The molecule has 2 aliphatic heterocycles. The first kappa shape index (κ1) is 37.9. The molecule has 39 heavy (non-hydrogen) atoms. The summed E-state index contributed by atoms with van der Waals surface area (Å²) in [6.07, 6.45) is 5.78. The van der Waals surface area contributed by atoms with E-state index >= 15 is 0 Å². The van der Waals surface area contributed by atoms with Gasteiger partial charge in [0.1, 0.15) is 11.2 Å². The number of hydrogen-bond donors (Lipinski definition) is 1. The minimum atomic E-state index is -0.454. The van der Waals surface area contributed by atoms with E-state index in [1.807, 2.05) is 41.5 Å². The van der Waals surface area contributed by atoms with E-state index in [0.717, 1.165) is 43.2 Å². The molecule has 0 saturated carbocycles. The predicted molar refractivity (Wildman–Crippen MR) is 163 cm³/mol. The zero-order chi connectivity index (χ0) is 30.2. The SMILES string of the molecule is CC(C)(C)OC(=O)N1CCC(O)C1.CC(C)CCCBr.CC(C)CCCOC1CCN(C(=O)OC(C)(C)C)C1. The van der Waals surface area contributed by atoms with Gasteiger partial charge in [-0.2, -0.15) is 0 Å². The number of amides is 2. The maximum absolute atomic E-state index is 11.9. The average Bonchev–Trinajstić information content (AvgIpc) is 3.43. The Kier molecular flexibility index (Phi) is 18.6. The molecule has 2 amide bonds. The summed E-state index contributed by atoms with van der Waals surface area (Å²) in [4.78, 5) is 26.6. The lowest BCUT2D eigenvalue weighted by Gasteiger charge is -2.24. The first-order valence-corrected chi connectivity index (χ1v) is 15.9. The number of alkyl halides is 1. The van der Waals surface area contributed by atoms with Gasteiger partial charge in [0.25, 0.3) is 0 Å². The highest BCUT2D eigenvalue weighted by molar-refractivity contribution is 9.09. The summed E-state index contributed by atoms with van der Waals surface area (Å²) in [5, 5.41) is 10.4. The fraction of sp³-hybridized carbons (Fsp3) is 0.933. The Bertz CT molecular complexity index is 675. The number of ether oxygens (including phenoxy) is 3. The smallest absolute Gasteiger partial charge is 0.410 e. The highest BCUT2D eigenvalue weighted by Crippen LogP contribution is 2.18. The van der Waals surface area contributed by atoms with E-state index < -0.39 is 11.2 Å². The van der Waals surface area contributed by atoms with Crippen LogP contribution in [0.1, 0.15) is 108 Å². The first-order valence-electron chi connectivity index (χ1n) is 14.7. The Morgan fingerprint density at radius 1 is 0.821 bits per heavy atom. The van der Waals surface area contributed by atoms with Gasteiger partial charge in [-0.15, -0.1) is 0 Å². The van der Waals surface area contributed by atoms with Gasteiger partial charge in [0.15, 0.2) is 0 Å². The quantitative estimate of drug-likeness (QED) is 0.226. The van der Waals surface area contributed by atoms with Crippen molar-refractivity contribution in [3.05, 3.63) is 0 Å². The zero-order valence-corrected chi connectivity index (χ0v) is 28.1. The molecule has 2 atom stereocenters. The molecule has 2 heterocycles. The van der Waals surface area contributed by atoms with Crippen LogP contribution in [-0.4, -0.2) is 88.6 Å². The second-order valence-corrected chi connectivity index (χ2v) is 14.1. The summed E-state index contributed by atoms with van der Waals surface area (Å²) in [6, 6.07) is 0. The number of halogens is 1. The standard InChI is InChI=1S/C15H29NO3.C9H17NO3.C6H13Br/c1-12(2)7-6-10-18-13-8-9-16(11-13)14(17)19-15(3,4)5;1-9(2,3)13-8(12)10-5-4-7(11)6-10;1-6(2)4-3-5-7/h12-13H,6-11H2,1-5H3;7,11H,4-6H2,1-3H3;6H,3-5H2,1-2H3. The molecule has 2 fully saturated rings. The third kappa shape index (κ3) is 21.4. The van der Waals surface area contributed by atoms with Crippen molar-refractivity contribution in [3.8, 4) is 0 Å². The number of rotatable bonds is 8. The molecule has 0 aromatic carbocycles. The van der Waals surface area contributed by atoms with E-state index in [1.54, 1.807) is 4.90 Å². The lowest BCUT2D eigenvalue weighted by molar-refractivity contribution is 0.0204. The van der Waals surface area contributed by atoms with Gasteiger partial charge in [-0.3, -0.25) is 0 Å². The molecule has 8 nitrogen and oxygen atoms in total. The minimum Gasteiger partial charge on any atom is -0.444 e. The van der Waals surface area contributed by atoms with Crippen molar-refractivity contribution in [2.24, 2.45) is 11.8 Å². The van der Waals surface area contributed by atoms with E-state index in [1.165, 1.54) is 24.2 Å². The van der Waals surface area contributed by atoms with Crippen LogP contribution in [0.15, 0.2) is 0 Å². The van der Waals surface area contributed by atoms with Crippen LogP contribution < -0.4 is 0 Å². The van der Waals surface area contributed by atoms with Gasteiger partial charge in [0.2, 0.25) is 0 Å². The highest BCUT2D eigenvalue weighted by atomic mass is 79.9. The van der Waals surface area contributed by atoms with Crippen molar-refractivity contribution >= 4 is 28.1 Å². The molecular weight excluding hydrogens is 564 g/mol. The zero-order valence-electron chi connectivity index (χ0n) is 26.6. The number of carbonyl (C=O) groups is 2. The van der Waals surface area contributed by atoms with Gasteiger partial charge in [-0.25, -0.2) is 9.59 Å². The number of β-amino-alcohol motifs (C(OH)–C–C–N with tert-alkyl or cyclic N) is 1. The van der Waals surface area contributed by atoms with Crippen molar-refractivity contribution in [2.45, 2.75) is 131 Å². The maximum atomic E-state index is 11.9. The Balaban J connectivity index is 0.000000622. The molecule has 2 aliphatic rings. The van der Waals surface area contributed by atoms with Gasteiger partial charge in [-0.1, -0.05) is 50.0 Å². The number of hydrogen-bond acceptors (Lipinski definition) is 6. The highest BCUT2D eigenvalue weighted by Gasteiger charge is 2.30. The van der Waals surface area contributed by atoms with Crippen molar-refractivity contribution < 1.29 is 28.9 Å². The molecule has 2 rings (SSSR count). The monoisotopic (exact) mass is 622 g/mol. The molecule has 0 aromatic heterocycles. The Morgan fingerprint density at radius 2 is 1.28 bits per heavy atom. The summed E-state index contributed by atoms with van der Waals surface area (Å²) in [7, 11) is 0. The number of carbonyl (C=O) groups excluding carboxylic acids is 2. The Hall–Kier alpha value is -1.06. The molecule has 0 radical (unpaired) electrons. The number of aliphatic hydroxyl groups is 1. The number of aliphatic hydroxyl groups excluding tert-OH is 1. The largest absolute Gasteiger partial charge is 0.444 e. The van der Waals surface area contributed by atoms with Crippen LogP contribution in [0.25, 0.3) is 0 Å². The van der Waals surface area contributed by atoms with Gasteiger partial charge in [0, 0.05) is 31.6 Å². The predicted octanol–water partition coefficient (Wildman–Crippen LogP) is 7.25. The van der Waals surface area contributed by atoms with E-state index in [4.69, 9.17) is 14.2 Å². The average molecular weight is 624 g/mol. The van der Waals surface area contributed by atoms with Crippen LogP contribution >= 0.6 is 15.9 Å². The lowest BCUT2D eigenvalue weighted by Crippen LogP contribution is -2.36. The molecular formula is C30H59BrN2O6. The number of nitrogens with zero attached hydrogens (tertiary/aromatic N) is 2. The van der Waals surface area contributed by atoms with Crippen LogP contribution in [0.5, 0.6) is 0 Å². The Labute approximate surface area is 247 Å². The summed E-state index contributed by atoms with van der Waals surface area (Å²) in [6.45, 7) is 23.3. The van der Waals surface area contributed by atoms with E-state index in [-0.39, 0.29) is 24.4 Å². The molecule has 9 heteroatoms. The van der Waals surface area contributed by atoms with Crippen LogP contribution in [-0.2, 0) is 14.2 Å². The summed E-state index contributed by atoms with van der Waals surface area (Å²) in [5.74, 6) is 1.60. The van der Waals surface area contributed by atoms with Gasteiger partial charge in [-0.05, 0) is 85.5 Å². The van der Waals surface area contributed by atoms with Crippen LogP contribution in [0, 0.1) is 11.8 Å². The second-order valence-electron chi connectivity index (χ2n) is 13.3. The molecule has 2 unspecified atom stereocenters. The molecule has 1 N–H and O–H groups in total. The van der Waals surface area contributed by atoms with Gasteiger partial charge >= 0.3 is 12.2 Å². The van der Waals surface area contributed by atoms with E-state index in [0.29, 0.717) is 26.1 Å². The van der Waals surface area contributed by atoms with Crippen molar-refractivity contribution in [2.75, 3.05) is 38.1 Å². The second kappa shape index (κ2) is 19.1. The Morgan fingerprint density at radius 3 is 1.67 bits per heavy atom. The number of likely N-dealkylation sites (tertiary alicyclic amines) is 2. The normalized spacial score (nSPS) is 19.4. The van der Waals surface area contributed by atoms with Crippen LogP contribution in [0.3, 0.4) is 0 Å². The molecule has 2 saturated heterocycles. The lowest BCUT2D eigenvalue weighted by atomic mass is 10.1. The van der Waals surface area contributed by atoms with Gasteiger partial charge in [0.05, 0.1) is 18.8 Å². The third-order valence-electron chi connectivity index (χ3n) is 5.81. The third-order valence-corrected chi connectivity index (χ3v) is 6.37. The van der Waals surface area contributed by atoms with Crippen LogP contribution in [0.2, 0.25) is 0 Å². The summed E-state index contributed by atoms with van der Waals surface area (Å²) >= 11 is 3.38. The topological polar surface area (TPSA) is 88.5 Å². The molecule has 0 spiro atoms. The van der Waals surface area contributed by atoms with Crippen molar-refractivity contribution in [3.63, 3.8) is 0 Å². The fourth-order valence-corrected chi connectivity index (χ4v) is 4.14.